The minimum absolute atomic E-state index is 0.0950. The molecule has 5 fully saturated rings. The highest BCUT2D eigenvalue weighted by Crippen LogP contribution is 2.55. The third kappa shape index (κ3) is 4.00. The lowest BCUT2D eigenvalue weighted by Gasteiger charge is -2.58. The van der Waals surface area contributed by atoms with Gasteiger partial charge in [0.15, 0.2) is 0 Å². The van der Waals surface area contributed by atoms with E-state index in [4.69, 9.17) is 9.47 Å². The Hall–Kier alpha value is -1.93. The average Bonchev–Trinajstić information content (AvgIpc) is 2.69. The van der Waals surface area contributed by atoms with Crippen LogP contribution in [0.4, 0.5) is 5.95 Å². The zero-order chi connectivity index (χ0) is 21.8. The monoisotopic (exact) mass is 430 g/mol. The molecule has 1 amide bonds. The summed E-state index contributed by atoms with van der Waals surface area (Å²) in [6.45, 7) is 7.80. The zero-order valence-corrected chi connectivity index (χ0v) is 18.7. The lowest BCUT2D eigenvalue weighted by molar-refractivity contribution is -0.136. The van der Waals surface area contributed by atoms with Crippen molar-refractivity contribution in [1.29, 1.82) is 0 Å². The normalized spacial score (nSPS) is 38.9. The van der Waals surface area contributed by atoms with Gasteiger partial charge in [0, 0.05) is 25.3 Å². The Balaban J connectivity index is 1.34. The summed E-state index contributed by atoms with van der Waals surface area (Å²) in [5.74, 6) is 2.04. The summed E-state index contributed by atoms with van der Waals surface area (Å²) >= 11 is 0. The molecule has 8 heteroatoms. The molecule has 2 N–H and O–H groups in total. The van der Waals surface area contributed by atoms with E-state index in [0.29, 0.717) is 54.8 Å². The van der Waals surface area contributed by atoms with E-state index in [9.17, 15) is 9.90 Å². The van der Waals surface area contributed by atoms with Crippen molar-refractivity contribution in [3.63, 3.8) is 0 Å². The number of nitrogens with zero attached hydrogens (tertiary/aromatic N) is 3. The fraction of sp³-hybridized carbons (Fsp3) is 0.783. The van der Waals surface area contributed by atoms with Gasteiger partial charge in [-0.15, -0.1) is 0 Å². The Labute approximate surface area is 183 Å². The van der Waals surface area contributed by atoms with E-state index in [1.54, 1.807) is 6.20 Å². The first-order chi connectivity index (χ1) is 14.8. The highest BCUT2D eigenvalue weighted by Gasteiger charge is 2.55. The van der Waals surface area contributed by atoms with Crippen LogP contribution in [0.15, 0.2) is 6.20 Å². The number of aliphatic hydroxyl groups is 1. The lowest BCUT2D eigenvalue weighted by atomic mass is 9.52. The first-order valence-corrected chi connectivity index (χ1v) is 11.8. The van der Waals surface area contributed by atoms with Gasteiger partial charge in [-0.1, -0.05) is 0 Å². The van der Waals surface area contributed by atoms with Crippen LogP contribution in [0.5, 0.6) is 5.88 Å². The number of nitrogens with one attached hydrogen (secondary N) is 1. The van der Waals surface area contributed by atoms with Crippen LogP contribution in [-0.2, 0) is 4.74 Å². The summed E-state index contributed by atoms with van der Waals surface area (Å²) in [4.78, 5) is 24.4. The molecule has 1 aromatic heterocycles. The third-order valence-electron chi connectivity index (χ3n) is 7.51. The number of amides is 1. The fourth-order valence-corrected chi connectivity index (χ4v) is 6.70. The molecule has 4 saturated carbocycles. The van der Waals surface area contributed by atoms with Gasteiger partial charge >= 0.3 is 0 Å². The molecule has 1 aliphatic heterocycles. The highest BCUT2D eigenvalue weighted by molar-refractivity contribution is 5.96. The minimum atomic E-state index is -0.509. The van der Waals surface area contributed by atoms with Crippen LogP contribution in [-0.4, -0.2) is 64.5 Å². The maximum atomic E-state index is 13.2. The maximum absolute atomic E-state index is 13.2. The number of hydrogen-bond acceptors (Lipinski definition) is 7. The van der Waals surface area contributed by atoms with Gasteiger partial charge in [0.2, 0.25) is 11.8 Å². The number of aromatic nitrogens is 2. The Morgan fingerprint density at radius 1 is 1.26 bits per heavy atom. The lowest BCUT2D eigenvalue weighted by Crippen LogP contribution is -2.61. The Morgan fingerprint density at radius 3 is 2.55 bits per heavy atom. The first kappa shape index (κ1) is 20.9. The standard InChI is InChI=1S/C23H34N4O4/c1-4-30-21-18(10-24-22(26-21)27-11-13(2)31-14(3)12-27)20(28)25-19-16-5-15-6-17(19)9-23(29,7-15)8-16/h10,13-17,19,29H,4-9,11-12H2,1-3H3,(H,25,28). The molecule has 2 heterocycles. The average molecular weight is 431 g/mol. The van der Waals surface area contributed by atoms with E-state index in [1.165, 1.54) is 0 Å². The van der Waals surface area contributed by atoms with Crippen molar-refractivity contribution in [3.8, 4) is 5.88 Å². The van der Waals surface area contributed by atoms with Crippen LogP contribution < -0.4 is 15.0 Å². The second-order valence-corrected chi connectivity index (χ2v) is 10.2. The molecular formula is C23H34N4O4. The molecule has 0 spiro atoms. The van der Waals surface area contributed by atoms with Gasteiger partial charge in [0.05, 0.1) is 24.4 Å². The summed E-state index contributed by atoms with van der Waals surface area (Å²) in [7, 11) is 0. The molecule has 4 unspecified atom stereocenters. The molecule has 5 aliphatic rings. The van der Waals surface area contributed by atoms with Crippen molar-refractivity contribution in [2.45, 2.75) is 76.7 Å². The molecular weight excluding hydrogens is 396 g/mol. The second kappa shape index (κ2) is 7.89. The molecule has 170 valence electrons. The number of carbonyl (C=O) groups excluding carboxylic acids is 1. The molecule has 1 aromatic rings. The van der Waals surface area contributed by atoms with Crippen LogP contribution in [0, 0.1) is 17.8 Å². The van der Waals surface area contributed by atoms with Crippen LogP contribution in [0.3, 0.4) is 0 Å². The Kier molecular flexibility index (Phi) is 5.33. The van der Waals surface area contributed by atoms with Crippen LogP contribution in [0.1, 0.15) is 63.2 Å². The van der Waals surface area contributed by atoms with E-state index >= 15 is 0 Å². The number of carbonyl (C=O) groups is 1. The number of anilines is 1. The molecule has 31 heavy (non-hydrogen) atoms. The van der Waals surface area contributed by atoms with Crippen molar-refractivity contribution in [1.82, 2.24) is 15.3 Å². The summed E-state index contributed by atoms with van der Waals surface area (Å²) < 4.78 is 11.6. The Bertz CT molecular complexity index is 823. The summed E-state index contributed by atoms with van der Waals surface area (Å²) in [5, 5.41) is 14.1. The first-order valence-electron chi connectivity index (χ1n) is 11.8. The summed E-state index contributed by atoms with van der Waals surface area (Å²) in [6.07, 6.45) is 6.52. The van der Waals surface area contributed by atoms with Gasteiger partial charge < -0.3 is 24.8 Å². The predicted molar refractivity (Wildman–Crippen MR) is 115 cm³/mol. The smallest absolute Gasteiger partial charge is 0.258 e. The van der Waals surface area contributed by atoms with Gasteiger partial charge in [0.25, 0.3) is 5.91 Å². The zero-order valence-electron chi connectivity index (χ0n) is 18.7. The van der Waals surface area contributed by atoms with Gasteiger partial charge in [-0.3, -0.25) is 4.79 Å². The van der Waals surface area contributed by atoms with Crippen molar-refractivity contribution in [2.24, 2.45) is 17.8 Å². The SMILES string of the molecule is CCOc1nc(N2CC(C)OC(C)C2)ncc1C(=O)NC1C2CC3CC1CC(O)(C3)C2. The summed E-state index contributed by atoms with van der Waals surface area (Å²) in [5.41, 5.74) is -0.127. The fourth-order valence-electron chi connectivity index (χ4n) is 6.70. The molecule has 0 radical (unpaired) electrons. The minimum Gasteiger partial charge on any atom is -0.477 e. The number of hydrogen-bond donors (Lipinski definition) is 2. The molecule has 8 nitrogen and oxygen atoms in total. The van der Waals surface area contributed by atoms with Crippen LogP contribution >= 0.6 is 0 Å². The molecule has 6 rings (SSSR count). The molecule has 1 saturated heterocycles. The topological polar surface area (TPSA) is 96.8 Å². The van der Waals surface area contributed by atoms with E-state index in [-0.39, 0.29) is 24.2 Å². The molecule has 4 aliphatic carbocycles. The molecule has 0 aromatic carbocycles. The quantitative estimate of drug-likeness (QED) is 0.739. The van der Waals surface area contributed by atoms with Gasteiger partial charge in [-0.05, 0) is 70.6 Å². The number of morpholine rings is 1. The predicted octanol–water partition coefficient (Wildman–Crippen LogP) is 2.16. The van der Waals surface area contributed by atoms with Gasteiger partial charge in [0.1, 0.15) is 5.56 Å². The molecule has 4 atom stereocenters. The highest BCUT2D eigenvalue weighted by atomic mass is 16.5. The van der Waals surface area contributed by atoms with Crippen LogP contribution in [0.25, 0.3) is 0 Å². The Morgan fingerprint density at radius 2 is 1.94 bits per heavy atom. The summed E-state index contributed by atoms with van der Waals surface area (Å²) in [6, 6.07) is 0.111. The van der Waals surface area contributed by atoms with Crippen LogP contribution in [0.2, 0.25) is 0 Å². The van der Waals surface area contributed by atoms with E-state index in [2.05, 4.69) is 20.2 Å². The van der Waals surface area contributed by atoms with Gasteiger partial charge in [-0.25, -0.2) is 4.98 Å². The molecule has 4 bridgehead atoms. The van der Waals surface area contributed by atoms with E-state index < -0.39 is 5.60 Å². The van der Waals surface area contributed by atoms with Crippen molar-refractivity contribution < 1.29 is 19.4 Å². The van der Waals surface area contributed by atoms with E-state index in [1.807, 2.05) is 20.8 Å². The van der Waals surface area contributed by atoms with Gasteiger partial charge in [-0.2, -0.15) is 4.98 Å². The van der Waals surface area contributed by atoms with E-state index in [0.717, 1.165) is 32.1 Å². The second-order valence-electron chi connectivity index (χ2n) is 10.2. The third-order valence-corrected chi connectivity index (χ3v) is 7.51. The maximum Gasteiger partial charge on any atom is 0.258 e. The van der Waals surface area contributed by atoms with Crippen molar-refractivity contribution in [2.75, 3.05) is 24.6 Å². The number of rotatable bonds is 5. The largest absolute Gasteiger partial charge is 0.477 e. The van der Waals surface area contributed by atoms with Crippen molar-refractivity contribution >= 4 is 11.9 Å². The van der Waals surface area contributed by atoms with Crippen molar-refractivity contribution in [3.05, 3.63) is 11.8 Å². The number of ether oxygens (including phenoxy) is 2.